The molecule has 2 amide bonds. The first-order valence-corrected chi connectivity index (χ1v) is 7.16. The van der Waals surface area contributed by atoms with Gasteiger partial charge in [0.2, 0.25) is 0 Å². The van der Waals surface area contributed by atoms with E-state index in [1.807, 2.05) is 0 Å². The van der Waals surface area contributed by atoms with Crippen molar-refractivity contribution in [2.75, 3.05) is 25.0 Å². The van der Waals surface area contributed by atoms with Gasteiger partial charge in [-0.05, 0) is 37.5 Å². The molecule has 0 spiro atoms. The number of hydrogen-bond acceptors (Lipinski definition) is 2. The molecule has 1 heterocycles. The van der Waals surface area contributed by atoms with Crippen LogP contribution in [0.3, 0.4) is 0 Å². The Bertz CT molecular complexity index is 557. The van der Waals surface area contributed by atoms with Crippen molar-refractivity contribution >= 4 is 11.7 Å². The van der Waals surface area contributed by atoms with E-state index < -0.39 is 5.82 Å². The van der Waals surface area contributed by atoms with Gasteiger partial charge in [-0.15, -0.1) is 0 Å². The third-order valence-corrected chi connectivity index (χ3v) is 3.32. The van der Waals surface area contributed by atoms with Crippen molar-refractivity contribution in [3.05, 3.63) is 29.6 Å². The lowest BCUT2D eigenvalue weighted by Gasteiger charge is -2.26. The zero-order valence-corrected chi connectivity index (χ0v) is 11.9. The molecular formula is C16H19FN2O2. The third kappa shape index (κ3) is 4.47. The second kappa shape index (κ2) is 7.65. The minimum Gasteiger partial charge on any atom is -0.395 e. The topological polar surface area (TPSA) is 52.6 Å². The number of rotatable bonds is 2. The standard InChI is InChI=1S/C16H19FN2O2/c17-15-8-7-14(12-13(15)6-2-5-11-20)18-16(21)19-9-3-1-4-10-19/h7-8,12,20H,1,3-5,9-11H2,(H,18,21). The lowest BCUT2D eigenvalue weighted by Crippen LogP contribution is -2.38. The molecule has 21 heavy (non-hydrogen) atoms. The Morgan fingerprint density at radius 3 is 2.81 bits per heavy atom. The van der Waals surface area contributed by atoms with Gasteiger partial charge in [-0.3, -0.25) is 0 Å². The number of carbonyl (C=O) groups is 1. The van der Waals surface area contributed by atoms with Crippen LogP contribution in [0.25, 0.3) is 0 Å². The Morgan fingerprint density at radius 1 is 1.33 bits per heavy atom. The van der Waals surface area contributed by atoms with Gasteiger partial charge in [0.1, 0.15) is 5.82 Å². The van der Waals surface area contributed by atoms with E-state index in [1.165, 1.54) is 18.2 Å². The number of hydrogen-bond donors (Lipinski definition) is 2. The SMILES string of the molecule is O=C(Nc1ccc(F)c(C#CCCO)c1)N1CCCCC1. The Kier molecular flexibility index (Phi) is 5.59. The van der Waals surface area contributed by atoms with E-state index in [2.05, 4.69) is 17.2 Å². The molecular weight excluding hydrogens is 271 g/mol. The van der Waals surface area contributed by atoms with Crippen LogP contribution in [-0.2, 0) is 0 Å². The molecule has 1 aliphatic rings. The summed E-state index contributed by atoms with van der Waals surface area (Å²) in [5.41, 5.74) is 0.750. The molecule has 0 saturated carbocycles. The highest BCUT2D eigenvalue weighted by Crippen LogP contribution is 2.16. The van der Waals surface area contributed by atoms with Crippen molar-refractivity contribution < 1.29 is 14.3 Å². The van der Waals surface area contributed by atoms with E-state index in [9.17, 15) is 9.18 Å². The summed E-state index contributed by atoms with van der Waals surface area (Å²) in [5, 5.41) is 11.4. The van der Waals surface area contributed by atoms with E-state index in [-0.39, 0.29) is 18.2 Å². The molecule has 2 rings (SSSR count). The number of carbonyl (C=O) groups excluding carboxylic acids is 1. The van der Waals surface area contributed by atoms with Crippen molar-refractivity contribution in [1.82, 2.24) is 4.90 Å². The molecule has 1 saturated heterocycles. The van der Waals surface area contributed by atoms with Gasteiger partial charge in [0.25, 0.3) is 0 Å². The van der Waals surface area contributed by atoms with Gasteiger partial charge in [-0.25, -0.2) is 9.18 Å². The first-order valence-electron chi connectivity index (χ1n) is 7.16. The number of nitrogens with one attached hydrogen (secondary N) is 1. The van der Waals surface area contributed by atoms with Gasteiger partial charge >= 0.3 is 6.03 Å². The first kappa shape index (κ1) is 15.3. The number of amides is 2. The molecule has 0 aliphatic carbocycles. The predicted molar refractivity (Wildman–Crippen MR) is 79.4 cm³/mol. The summed E-state index contributed by atoms with van der Waals surface area (Å²) in [6.07, 6.45) is 3.50. The third-order valence-electron chi connectivity index (χ3n) is 3.32. The maximum atomic E-state index is 13.6. The fourth-order valence-electron chi connectivity index (χ4n) is 2.21. The quantitative estimate of drug-likeness (QED) is 0.823. The van der Waals surface area contributed by atoms with E-state index in [0.717, 1.165) is 32.4 Å². The van der Waals surface area contributed by atoms with Gasteiger partial charge in [0.05, 0.1) is 12.2 Å². The number of benzene rings is 1. The molecule has 0 aromatic heterocycles. The van der Waals surface area contributed by atoms with Crippen LogP contribution in [0.4, 0.5) is 14.9 Å². The van der Waals surface area contributed by atoms with Crippen LogP contribution in [0.1, 0.15) is 31.2 Å². The summed E-state index contributed by atoms with van der Waals surface area (Å²) in [4.78, 5) is 13.8. The highest BCUT2D eigenvalue weighted by atomic mass is 19.1. The summed E-state index contributed by atoms with van der Waals surface area (Å²) < 4.78 is 13.6. The molecule has 1 aromatic rings. The first-order chi connectivity index (χ1) is 10.2. The van der Waals surface area contributed by atoms with Crippen LogP contribution in [0.15, 0.2) is 18.2 Å². The molecule has 5 heteroatoms. The van der Waals surface area contributed by atoms with Gasteiger partial charge in [-0.1, -0.05) is 11.8 Å². The van der Waals surface area contributed by atoms with Gasteiger partial charge in [-0.2, -0.15) is 0 Å². The Labute approximate surface area is 124 Å². The lowest BCUT2D eigenvalue weighted by atomic mass is 10.1. The molecule has 1 aliphatic heterocycles. The van der Waals surface area contributed by atoms with Crippen LogP contribution < -0.4 is 5.32 Å². The monoisotopic (exact) mass is 290 g/mol. The minimum absolute atomic E-state index is 0.0555. The Hall–Kier alpha value is -2.06. The van der Waals surface area contributed by atoms with E-state index >= 15 is 0 Å². The van der Waals surface area contributed by atoms with Gasteiger partial charge < -0.3 is 15.3 Å². The number of piperidine rings is 1. The molecule has 1 fully saturated rings. The molecule has 4 nitrogen and oxygen atoms in total. The second-order valence-corrected chi connectivity index (χ2v) is 4.95. The molecule has 0 bridgehead atoms. The predicted octanol–water partition coefficient (Wildman–Crippen LogP) is 2.58. The summed E-state index contributed by atoms with van der Waals surface area (Å²) in [7, 11) is 0. The average molecular weight is 290 g/mol. The highest BCUT2D eigenvalue weighted by Gasteiger charge is 2.16. The van der Waals surface area contributed by atoms with E-state index in [1.54, 1.807) is 4.90 Å². The maximum Gasteiger partial charge on any atom is 0.321 e. The van der Waals surface area contributed by atoms with Crippen LogP contribution in [0.2, 0.25) is 0 Å². The summed E-state index contributed by atoms with van der Waals surface area (Å²) in [6.45, 7) is 1.46. The molecule has 2 N–H and O–H groups in total. The molecule has 0 atom stereocenters. The normalized spacial score (nSPS) is 14.3. The average Bonchev–Trinajstić information content (AvgIpc) is 2.51. The molecule has 112 valence electrons. The van der Waals surface area contributed by atoms with Crippen LogP contribution in [-0.4, -0.2) is 35.7 Å². The van der Waals surface area contributed by atoms with Crippen molar-refractivity contribution in [2.24, 2.45) is 0 Å². The minimum atomic E-state index is -0.434. The van der Waals surface area contributed by atoms with Crippen LogP contribution >= 0.6 is 0 Å². The number of urea groups is 1. The second-order valence-electron chi connectivity index (χ2n) is 4.95. The Balaban J connectivity index is 2.04. The molecule has 0 radical (unpaired) electrons. The zero-order chi connectivity index (χ0) is 15.1. The number of nitrogens with zero attached hydrogens (tertiary/aromatic N) is 1. The fourth-order valence-corrected chi connectivity index (χ4v) is 2.21. The smallest absolute Gasteiger partial charge is 0.321 e. The van der Waals surface area contributed by atoms with Gasteiger partial charge in [0.15, 0.2) is 0 Å². The van der Waals surface area contributed by atoms with Crippen LogP contribution in [0, 0.1) is 17.7 Å². The number of aliphatic hydroxyl groups excluding tert-OH is 1. The Morgan fingerprint density at radius 2 is 2.10 bits per heavy atom. The zero-order valence-electron chi connectivity index (χ0n) is 11.9. The highest BCUT2D eigenvalue weighted by molar-refractivity contribution is 5.89. The van der Waals surface area contributed by atoms with Crippen molar-refractivity contribution in [3.8, 4) is 11.8 Å². The van der Waals surface area contributed by atoms with E-state index in [0.29, 0.717) is 12.1 Å². The van der Waals surface area contributed by atoms with E-state index in [4.69, 9.17) is 5.11 Å². The van der Waals surface area contributed by atoms with Gasteiger partial charge in [0, 0.05) is 25.2 Å². The number of halogens is 1. The number of anilines is 1. The van der Waals surface area contributed by atoms with Crippen molar-refractivity contribution in [1.29, 1.82) is 0 Å². The van der Waals surface area contributed by atoms with Crippen molar-refractivity contribution in [3.63, 3.8) is 0 Å². The summed E-state index contributed by atoms with van der Waals surface area (Å²) in [6, 6.07) is 4.17. The molecule has 0 unspecified atom stereocenters. The maximum absolute atomic E-state index is 13.6. The fraction of sp³-hybridized carbons (Fsp3) is 0.438. The number of likely N-dealkylation sites (tertiary alicyclic amines) is 1. The molecule has 1 aromatic carbocycles. The number of aliphatic hydroxyl groups is 1. The largest absolute Gasteiger partial charge is 0.395 e. The van der Waals surface area contributed by atoms with Crippen molar-refractivity contribution in [2.45, 2.75) is 25.7 Å². The summed E-state index contributed by atoms with van der Waals surface area (Å²) >= 11 is 0. The summed E-state index contributed by atoms with van der Waals surface area (Å²) in [5.74, 6) is 4.90. The van der Waals surface area contributed by atoms with Crippen LogP contribution in [0.5, 0.6) is 0 Å². The lowest BCUT2D eigenvalue weighted by molar-refractivity contribution is 0.200.